The average molecular weight is 289 g/mol. The highest BCUT2D eigenvalue weighted by Crippen LogP contribution is 2.39. The first-order chi connectivity index (χ1) is 10.3. The van der Waals surface area contributed by atoms with Crippen LogP contribution in [0.1, 0.15) is 68.6 Å². The van der Waals surface area contributed by atoms with Gasteiger partial charge in [-0.25, -0.2) is 0 Å². The number of aromatic nitrogens is 2. The molecule has 2 aliphatic rings. The van der Waals surface area contributed by atoms with Gasteiger partial charge in [0.1, 0.15) is 0 Å². The van der Waals surface area contributed by atoms with Gasteiger partial charge in [0.25, 0.3) is 0 Å². The quantitative estimate of drug-likeness (QED) is 0.781. The van der Waals surface area contributed by atoms with E-state index in [1.165, 1.54) is 32.1 Å². The molecule has 0 radical (unpaired) electrons. The molecule has 0 bridgehead atoms. The SMILES string of the molecule is CCCn1cc(C(=O)C2(N3CCCCC3)CCCC2)cn1. The highest BCUT2D eigenvalue weighted by molar-refractivity contribution is 6.03. The summed E-state index contributed by atoms with van der Waals surface area (Å²) in [5.41, 5.74) is 0.594. The number of Topliss-reactive ketones (excluding diaryl/α,β-unsaturated/α-hetero) is 1. The van der Waals surface area contributed by atoms with E-state index in [4.69, 9.17) is 0 Å². The third kappa shape index (κ3) is 2.78. The molecule has 0 N–H and O–H groups in total. The Kier molecular flexibility index (Phi) is 4.43. The molecule has 0 unspecified atom stereocenters. The topological polar surface area (TPSA) is 38.1 Å². The lowest BCUT2D eigenvalue weighted by atomic mass is 9.85. The largest absolute Gasteiger partial charge is 0.292 e. The van der Waals surface area contributed by atoms with E-state index in [9.17, 15) is 4.79 Å². The van der Waals surface area contributed by atoms with E-state index in [-0.39, 0.29) is 5.54 Å². The third-order valence-electron chi connectivity index (χ3n) is 5.16. The van der Waals surface area contributed by atoms with Crippen molar-refractivity contribution in [2.45, 2.75) is 70.4 Å². The van der Waals surface area contributed by atoms with E-state index >= 15 is 0 Å². The van der Waals surface area contributed by atoms with E-state index in [0.29, 0.717) is 5.78 Å². The van der Waals surface area contributed by atoms with E-state index < -0.39 is 0 Å². The number of piperidine rings is 1. The lowest BCUT2D eigenvalue weighted by Gasteiger charge is -2.42. The molecule has 116 valence electrons. The van der Waals surface area contributed by atoms with Crippen LogP contribution in [-0.2, 0) is 6.54 Å². The highest BCUT2D eigenvalue weighted by atomic mass is 16.1. The maximum Gasteiger partial charge on any atom is 0.186 e. The minimum Gasteiger partial charge on any atom is -0.292 e. The fourth-order valence-electron chi connectivity index (χ4n) is 4.07. The van der Waals surface area contributed by atoms with Gasteiger partial charge >= 0.3 is 0 Å². The van der Waals surface area contributed by atoms with Crippen molar-refractivity contribution in [3.05, 3.63) is 18.0 Å². The normalized spacial score (nSPS) is 22.5. The van der Waals surface area contributed by atoms with Crippen LogP contribution in [0.25, 0.3) is 0 Å². The van der Waals surface area contributed by atoms with E-state index in [1.54, 1.807) is 6.20 Å². The van der Waals surface area contributed by atoms with Crippen LogP contribution in [0.2, 0.25) is 0 Å². The number of aryl methyl sites for hydroxylation is 1. The molecule has 1 aliphatic heterocycles. The van der Waals surface area contributed by atoms with Gasteiger partial charge < -0.3 is 0 Å². The van der Waals surface area contributed by atoms with Crippen LogP contribution in [0.4, 0.5) is 0 Å². The summed E-state index contributed by atoms with van der Waals surface area (Å²) in [5.74, 6) is 0.323. The van der Waals surface area contributed by atoms with Gasteiger partial charge in [-0.15, -0.1) is 0 Å². The molecule has 1 aliphatic carbocycles. The fraction of sp³-hybridized carbons (Fsp3) is 0.765. The summed E-state index contributed by atoms with van der Waals surface area (Å²) in [7, 11) is 0. The third-order valence-corrected chi connectivity index (χ3v) is 5.16. The van der Waals surface area contributed by atoms with Gasteiger partial charge in [0.15, 0.2) is 5.78 Å². The highest BCUT2D eigenvalue weighted by Gasteiger charge is 2.46. The Morgan fingerprint density at radius 2 is 1.90 bits per heavy atom. The molecule has 3 rings (SSSR count). The molecule has 2 heterocycles. The molecule has 21 heavy (non-hydrogen) atoms. The number of carbonyl (C=O) groups excluding carboxylic acids is 1. The van der Waals surface area contributed by atoms with Gasteiger partial charge in [-0.3, -0.25) is 14.4 Å². The fourth-order valence-corrected chi connectivity index (χ4v) is 4.07. The molecule has 4 nitrogen and oxygen atoms in total. The van der Waals surface area contributed by atoms with Crippen molar-refractivity contribution in [1.82, 2.24) is 14.7 Å². The van der Waals surface area contributed by atoms with Crippen LogP contribution in [0, 0.1) is 0 Å². The summed E-state index contributed by atoms with van der Waals surface area (Å²) >= 11 is 0. The second-order valence-corrected chi connectivity index (χ2v) is 6.61. The van der Waals surface area contributed by atoms with Crippen molar-refractivity contribution < 1.29 is 4.79 Å². The smallest absolute Gasteiger partial charge is 0.186 e. The van der Waals surface area contributed by atoms with Crippen LogP contribution in [-0.4, -0.2) is 39.1 Å². The first-order valence-electron chi connectivity index (χ1n) is 8.58. The maximum atomic E-state index is 13.2. The van der Waals surface area contributed by atoms with Gasteiger partial charge in [0, 0.05) is 12.7 Å². The molecule has 4 heteroatoms. The van der Waals surface area contributed by atoms with Crippen molar-refractivity contribution in [3.63, 3.8) is 0 Å². The second-order valence-electron chi connectivity index (χ2n) is 6.61. The zero-order valence-corrected chi connectivity index (χ0v) is 13.2. The van der Waals surface area contributed by atoms with Crippen molar-refractivity contribution in [2.75, 3.05) is 13.1 Å². The molecular formula is C17H27N3O. The van der Waals surface area contributed by atoms with Crippen LogP contribution in [0.5, 0.6) is 0 Å². The average Bonchev–Trinajstić information content (AvgIpc) is 3.18. The van der Waals surface area contributed by atoms with Gasteiger partial charge in [0.05, 0.1) is 17.3 Å². The number of hydrogen-bond acceptors (Lipinski definition) is 3. The van der Waals surface area contributed by atoms with Crippen molar-refractivity contribution in [1.29, 1.82) is 0 Å². The van der Waals surface area contributed by atoms with Crippen LogP contribution in [0.15, 0.2) is 12.4 Å². The zero-order valence-electron chi connectivity index (χ0n) is 13.2. The number of likely N-dealkylation sites (tertiary alicyclic amines) is 1. The number of rotatable bonds is 5. The van der Waals surface area contributed by atoms with Gasteiger partial charge in [-0.1, -0.05) is 26.2 Å². The standard InChI is InChI=1S/C17H27N3O/c1-2-10-20-14-15(13-18-20)16(21)17(8-4-5-9-17)19-11-6-3-7-12-19/h13-14H,2-12H2,1H3. The summed E-state index contributed by atoms with van der Waals surface area (Å²) in [4.78, 5) is 15.7. The first-order valence-corrected chi connectivity index (χ1v) is 8.58. The molecule has 1 saturated heterocycles. The van der Waals surface area contributed by atoms with Gasteiger partial charge in [-0.2, -0.15) is 5.10 Å². The van der Waals surface area contributed by atoms with Crippen molar-refractivity contribution >= 4 is 5.78 Å². The maximum absolute atomic E-state index is 13.2. The molecule has 1 saturated carbocycles. The predicted octanol–water partition coefficient (Wildman–Crippen LogP) is 3.27. The Bertz CT molecular complexity index is 482. The molecule has 2 fully saturated rings. The molecule has 0 spiro atoms. The summed E-state index contributed by atoms with van der Waals surface area (Å²) in [6.07, 6.45) is 13.0. The van der Waals surface area contributed by atoms with Crippen molar-refractivity contribution in [2.24, 2.45) is 0 Å². The minimum absolute atomic E-state index is 0.222. The zero-order chi connectivity index (χ0) is 14.7. The van der Waals surface area contributed by atoms with Crippen molar-refractivity contribution in [3.8, 4) is 0 Å². The molecule has 1 aromatic heterocycles. The summed E-state index contributed by atoms with van der Waals surface area (Å²) in [6.45, 7) is 5.21. The van der Waals surface area contributed by atoms with Gasteiger partial charge in [0.2, 0.25) is 0 Å². The van der Waals surface area contributed by atoms with E-state index in [0.717, 1.165) is 44.5 Å². The first kappa shape index (κ1) is 14.8. The Morgan fingerprint density at radius 3 is 2.57 bits per heavy atom. The van der Waals surface area contributed by atoms with E-state index in [1.807, 2.05) is 10.9 Å². The predicted molar refractivity (Wildman–Crippen MR) is 83.5 cm³/mol. The van der Waals surface area contributed by atoms with Crippen LogP contribution < -0.4 is 0 Å². The Hall–Kier alpha value is -1.16. The summed E-state index contributed by atoms with van der Waals surface area (Å²) in [5, 5.41) is 4.35. The molecular weight excluding hydrogens is 262 g/mol. The van der Waals surface area contributed by atoms with Gasteiger partial charge in [-0.05, 0) is 45.2 Å². The molecule has 0 atom stereocenters. The molecule has 0 amide bonds. The lowest BCUT2D eigenvalue weighted by molar-refractivity contribution is 0.0477. The number of ketones is 1. The number of hydrogen-bond donors (Lipinski definition) is 0. The summed E-state index contributed by atoms with van der Waals surface area (Å²) in [6, 6.07) is 0. The number of carbonyl (C=O) groups is 1. The summed E-state index contributed by atoms with van der Waals surface area (Å²) < 4.78 is 1.91. The Labute approximate surface area is 127 Å². The van der Waals surface area contributed by atoms with Crippen LogP contribution in [0.3, 0.4) is 0 Å². The second kappa shape index (κ2) is 6.30. The number of nitrogens with zero attached hydrogens (tertiary/aromatic N) is 3. The Morgan fingerprint density at radius 1 is 1.19 bits per heavy atom. The minimum atomic E-state index is -0.222. The lowest BCUT2D eigenvalue weighted by Crippen LogP contribution is -2.54. The van der Waals surface area contributed by atoms with Crippen LogP contribution >= 0.6 is 0 Å². The molecule has 1 aromatic rings. The van der Waals surface area contributed by atoms with E-state index in [2.05, 4.69) is 16.9 Å². The monoisotopic (exact) mass is 289 g/mol. The Balaban J connectivity index is 1.83. The molecule has 0 aromatic carbocycles.